The van der Waals surface area contributed by atoms with Crippen molar-refractivity contribution in [3.8, 4) is 0 Å². The number of carbonyl (C=O) groups is 3. The number of carbonyl (C=O) groups excluding carboxylic acids is 3. The van der Waals surface area contributed by atoms with Crippen molar-refractivity contribution in [3.05, 3.63) is 70.9 Å². The molecule has 2 aliphatic rings. The van der Waals surface area contributed by atoms with Crippen LogP contribution >= 0.6 is 11.8 Å². The van der Waals surface area contributed by atoms with Gasteiger partial charge < -0.3 is 15.0 Å². The molecule has 1 unspecified atom stereocenters. The Morgan fingerprint density at radius 1 is 1.22 bits per heavy atom. The van der Waals surface area contributed by atoms with Crippen LogP contribution in [0.3, 0.4) is 0 Å². The zero-order chi connectivity index (χ0) is 22.8. The van der Waals surface area contributed by atoms with Gasteiger partial charge >= 0.3 is 12.0 Å². The van der Waals surface area contributed by atoms with E-state index in [0.29, 0.717) is 17.8 Å². The van der Waals surface area contributed by atoms with Gasteiger partial charge in [-0.1, -0.05) is 24.3 Å². The maximum absolute atomic E-state index is 13.1. The molecule has 0 fully saturated rings. The maximum Gasteiger partial charge on any atom is 0.338 e. The molecular weight excluding hydrogens is 426 g/mol. The first kappa shape index (κ1) is 22.0. The van der Waals surface area contributed by atoms with Gasteiger partial charge in [0.2, 0.25) is 5.91 Å². The highest BCUT2D eigenvalue weighted by Gasteiger charge is 2.43. The van der Waals surface area contributed by atoms with Crippen LogP contribution in [-0.2, 0) is 14.3 Å². The van der Waals surface area contributed by atoms with Gasteiger partial charge in [0.25, 0.3) is 0 Å². The predicted molar refractivity (Wildman–Crippen MR) is 123 cm³/mol. The van der Waals surface area contributed by atoms with Gasteiger partial charge in [0, 0.05) is 17.1 Å². The van der Waals surface area contributed by atoms with Crippen molar-refractivity contribution in [3.63, 3.8) is 0 Å². The molecule has 0 saturated heterocycles. The fraction of sp³-hybridized carbons (Fsp3) is 0.292. The number of cyclic esters (lactones) is 1. The number of rotatable bonds is 6. The number of anilines is 1. The number of esters is 1. The Balaban J connectivity index is 1.62. The van der Waals surface area contributed by atoms with E-state index in [1.54, 1.807) is 16.7 Å². The van der Waals surface area contributed by atoms with Gasteiger partial charge in [-0.3, -0.25) is 9.69 Å². The first-order valence-corrected chi connectivity index (χ1v) is 11.6. The van der Waals surface area contributed by atoms with Gasteiger partial charge in [-0.05, 0) is 55.5 Å². The minimum absolute atomic E-state index is 0.0230. The molecule has 2 aromatic rings. The molecular formula is C24H25N3O4S. The molecule has 0 radical (unpaired) electrons. The number of ether oxygens (including phenoxy) is 1. The summed E-state index contributed by atoms with van der Waals surface area (Å²) in [5, 5.41) is 2.88. The Kier molecular flexibility index (Phi) is 6.23. The van der Waals surface area contributed by atoms with Gasteiger partial charge in [0.05, 0.1) is 17.3 Å². The van der Waals surface area contributed by atoms with Crippen molar-refractivity contribution < 1.29 is 19.1 Å². The van der Waals surface area contributed by atoms with Gasteiger partial charge in [0.15, 0.2) is 0 Å². The summed E-state index contributed by atoms with van der Waals surface area (Å²) in [6, 6.07) is 14.3. The first-order valence-electron chi connectivity index (χ1n) is 10.4. The number of aryl methyl sites for hydroxylation is 1. The molecule has 2 heterocycles. The lowest BCUT2D eigenvalue weighted by molar-refractivity contribution is -0.136. The fourth-order valence-corrected chi connectivity index (χ4v) is 4.45. The second-order valence-electron chi connectivity index (χ2n) is 7.66. The Morgan fingerprint density at radius 3 is 2.62 bits per heavy atom. The van der Waals surface area contributed by atoms with E-state index in [0.717, 1.165) is 21.7 Å². The van der Waals surface area contributed by atoms with Crippen LogP contribution in [0.2, 0.25) is 0 Å². The standard InChI is InChI=1S/C24H25N3O4S/c1-4-26(17-7-5-6-15(2)12-17)20(28)13-27-19-14-31-23(29)21(19)22(25-24(27)30)16-8-10-18(32-3)11-9-16/h5-12,22H,4,13-14H2,1-3H3,(H,25,30). The fourth-order valence-electron chi connectivity index (χ4n) is 4.04. The van der Waals surface area contributed by atoms with Crippen LogP contribution in [0, 0.1) is 6.92 Å². The van der Waals surface area contributed by atoms with Crippen molar-refractivity contribution in [1.29, 1.82) is 0 Å². The molecule has 32 heavy (non-hydrogen) atoms. The summed E-state index contributed by atoms with van der Waals surface area (Å²) in [7, 11) is 0. The average Bonchev–Trinajstić information content (AvgIpc) is 3.17. The van der Waals surface area contributed by atoms with Crippen molar-refractivity contribution in [2.75, 3.05) is 30.9 Å². The summed E-state index contributed by atoms with van der Waals surface area (Å²) in [6.07, 6.45) is 1.98. The van der Waals surface area contributed by atoms with E-state index in [-0.39, 0.29) is 19.1 Å². The maximum atomic E-state index is 13.1. The summed E-state index contributed by atoms with van der Waals surface area (Å²) < 4.78 is 5.27. The van der Waals surface area contributed by atoms with Crippen LogP contribution in [0.4, 0.5) is 10.5 Å². The second kappa shape index (κ2) is 9.08. The van der Waals surface area contributed by atoms with Crippen LogP contribution in [0.5, 0.6) is 0 Å². The summed E-state index contributed by atoms with van der Waals surface area (Å²) in [6.45, 7) is 4.11. The number of thioether (sulfide) groups is 1. The number of amides is 3. The molecule has 4 rings (SSSR count). The highest BCUT2D eigenvalue weighted by atomic mass is 32.2. The molecule has 2 aliphatic heterocycles. The molecule has 7 nitrogen and oxygen atoms in total. The second-order valence-corrected chi connectivity index (χ2v) is 8.53. The Morgan fingerprint density at radius 2 is 1.97 bits per heavy atom. The molecule has 2 aromatic carbocycles. The number of hydrogen-bond donors (Lipinski definition) is 1. The summed E-state index contributed by atoms with van der Waals surface area (Å²) in [5.74, 6) is -0.704. The van der Waals surface area contributed by atoms with Gasteiger partial charge in [-0.15, -0.1) is 11.8 Å². The van der Waals surface area contributed by atoms with Crippen molar-refractivity contribution in [2.45, 2.75) is 24.8 Å². The lowest BCUT2D eigenvalue weighted by atomic mass is 9.96. The summed E-state index contributed by atoms with van der Waals surface area (Å²) in [4.78, 5) is 42.8. The van der Waals surface area contributed by atoms with Gasteiger partial charge in [-0.2, -0.15) is 0 Å². The molecule has 1 atom stereocenters. The number of hydrogen-bond acceptors (Lipinski definition) is 5. The third kappa shape index (κ3) is 4.10. The highest BCUT2D eigenvalue weighted by molar-refractivity contribution is 7.98. The van der Waals surface area contributed by atoms with Crippen LogP contribution in [-0.4, -0.2) is 48.8 Å². The SMILES string of the molecule is CCN(C(=O)CN1C(=O)NC(c2ccc(SC)cc2)C2=C1COC2=O)c1cccc(C)c1. The van der Waals surface area contributed by atoms with Crippen LogP contribution < -0.4 is 10.2 Å². The number of urea groups is 1. The minimum Gasteiger partial charge on any atom is -0.456 e. The van der Waals surface area contributed by atoms with Crippen molar-refractivity contribution in [1.82, 2.24) is 10.2 Å². The zero-order valence-electron chi connectivity index (χ0n) is 18.3. The van der Waals surface area contributed by atoms with Crippen molar-refractivity contribution in [2.24, 2.45) is 0 Å². The van der Waals surface area contributed by atoms with Gasteiger partial charge in [0.1, 0.15) is 13.2 Å². The van der Waals surface area contributed by atoms with Crippen LogP contribution in [0.1, 0.15) is 24.1 Å². The monoisotopic (exact) mass is 451 g/mol. The smallest absolute Gasteiger partial charge is 0.338 e. The summed E-state index contributed by atoms with van der Waals surface area (Å²) >= 11 is 1.61. The number of nitrogens with one attached hydrogen (secondary N) is 1. The van der Waals surface area contributed by atoms with E-state index in [1.807, 2.05) is 68.6 Å². The Labute approximate surface area is 191 Å². The molecule has 3 amide bonds. The van der Waals surface area contributed by atoms with E-state index in [9.17, 15) is 14.4 Å². The average molecular weight is 452 g/mol. The third-order valence-electron chi connectivity index (χ3n) is 5.67. The highest BCUT2D eigenvalue weighted by Crippen LogP contribution is 2.35. The molecule has 0 saturated carbocycles. The van der Waals surface area contributed by atoms with E-state index in [2.05, 4.69) is 5.32 Å². The predicted octanol–water partition coefficient (Wildman–Crippen LogP) is 3.65. The quantitative estimate of drug-likeness (QED) is 0.536. The number of nitrogens with zero attached hydrogens (tertiary/aromatic N) is 2. The minimum atomic E-state index is -0.603. The number of likely N-dealkylation sites (N-methyl/N-ethyl adjacent to an activating group) is 1. The topological polar surface area (TPSA) is 79.0 Å². The molecule has 0 spiro atoms. The first-order chi connectivity index (χ1) is 15.4. The summed E-state index contributed by atoms with van der Waals surface area (Å²) in [5.41, 5.74) is 3.44. The normalized spacial score (nSPS) is 17.7. The number of benzene rings is 2. The largest absolute Gasteiger partial charge is 0.456 e. The van der Waals surface area contributed by atoms with Gasteiger partial charge in [-0.25, -0.2) is 9.59 Å². The lowest BCUT2D eigenvalue weighted by Crippen LogP contribution is -2.51. The van der Waals surface area contributed by atoms with Crippen LogP contribution in [0.25, 0.3) is 0 Å². The zero-order valence-corrected chi connectivity index (χ0v) is 19.1. The Bertz CT molecular complexity index is 1100. The molecule has 8 heteroatoms. The van der Waals surface area contributed by atoms with Crippen LogP contribution in [0.15, 0.2) is 64.7 Å². The molecule has 0 aromatic heterocycles. The third-order valence-corrected chi connectivity index (χ3v) is 6.41. The molecule has 0 bridgehead atoms. The molecule has 0 aliphatic carbocycles. The van der Waals surface area contributed by atoms with E-state index >= 15 is 0 Å². The van der Waals surface area contributed by atoms with E-state index in [1.165, 1.54) is 4.90 Å². The lowest BCUT2D eigenvalue weighted by Gasteiger charge is -2.33. The molecule has 166 valence electrons. The molecule has 1 N–H and O–H groups in total. The van der Waals surface area contributed by atoms with Crippen molar-refractivity contribution >= 4 is 35.4 Å². The van der Waals surface area contributed by atoms with E-state index < -0.39 is 18.0 Å². The Hall–Kier alpha value is -3.26. The van der Waals surface area contributed by atoms with E-state index in [4.69, 9.17) is 4.74 Å².